The molecule has 1 N–H and O–H groups in total. The van der Waals surface area contributed by atoms with Crippen LogP contribution in [-0.2, 0) is 0 Å². The zero-order valence-electron chi connectivity index (χ0n) is 9.94. The lowest BCUT2D eigenvalue weighted by molar-refractivity contribution is 0.414. The van der Waals surface area contributed by atoms with Crippen LogP contribution in [0.5, 0.6) is 11.5 Å². The molecule has 2 aromatic carbocycles. The molecule has 0 spiro atoms. The normalized spacial score (nSPS) is 9.76. The average molecular weight is 229 g/mol. The standard InChI is InChI=1S/C14H15NO2/c1-16-13-9-5-3-7-11(13)15-12-8-4-6-10-14(12)17-2/h3-10,15H,1-2H3. The van der Waals surface area contributed by atoms with E-state index >= 15 is 0 Å². The van der Waals surface area contributed by atoms with Crippen molar-refractivity contribution in [2.75, 3.05) is 19.5 Å². The SMILES string of the molecule is COc1ccccc1Nc1ccccc1OC. The summed E-state index contributed by atoms with van der Waals surface area (Å²) in [4.78, 5) is 0. The fourth-order valence-corrected chi connectivity index (χ4v) is 1.64. The molecule has 0 fully saturated rings. The minimum Gasteiger partial charge on any atom is -0.495 e. The van der Waals surface area contributed by atoms with Crippen LogP contribution in [0, 0.1) is 0 Å². The fourth-order valence-electron chi connectivity index (χ4n) is 1.64. The Morgan fingerprint density at radius 3 is 1.53 bits per heavy atom. The van der Waals surface area contributed by atoms with E-state index in [0.717, 1.165) is 22.9 Å². The van der Waals surface area contributed by atoms with Gasteiger partial charge in [-0.25, -0.2) is 0 Å². The third-order valence-corrected chi connectivity index (χ3v) is 2.48. The summed E-state index contributed by atoms with van der Waals surface area (Å²) >= 11 is 0. The highest BCUT2D eigenvalue weighted by molar-refractivity contribution is 5.70. The summed E-state index contributed by atoms with van der Waals surface area (Å²) in [5.41, 5.74) is 1.83. The lowest BCUT2D eigenvalue weighted by Crippen LogP contribution is -1.96. The van der Waals surface area contributed by atoms with E-state index in [9.17, 15) is 0 Å². The van der Waals surface area contributed by atoms with Gasteiger partial charge in [0, 0.05) is 0 Å². The van der Waals surface area contributed by atoms with Crippen molar-refractivity contribution in [2.24, 2.45) is 0 Å². The molecule has 0 saturated carbocycles. The molecule has 17 heavy (non-hydrogen) atoms. The molecule has 3 nitrogen and oxygen atoms in total. The second-order valence-corrected chi connectivity index (χ2v) is 3.53. The number of benzene rings is 2. The molecule has 88 valence electrons. The van der Waals surface area contributed by atoms with Crippen LogP contribution < -0.4 is 14.8 Å². The summed E-state index contributed by atoms with van der Waals surface area (Å²) in [6, 6.07) is 15.5. The van der Waals surface area contributed by atoms with Crippen molar-refractivity contribution in [3.63, 3.8) is 0 Å². The highest BCUT2D eigenvalue weighted by Crippen LogP contribution is 2.31. The second kappa shape index (κ2) is 5.25. The van der Waals surface area contributed by atoms with E-state index in [1.165, 1.54) is 0 Å². The van der Waals surface area contributed by atoms with Gasteiger partial charge in [-0.2, -0.15) is 0 Å². The Balaban J connectivity index is 2.31. The molecular formula is C14H15NO2. The molecule has 3 heteroatoms. The first-order valence-corrected chi connectivity index (χ1v) is 5.38. The minimum atomic E-state index is 0.804. The van der Waals surface area contributed by atoms with Crippen molar-refractivity contribution < 1.29 is 9.47 Å². The fraction of sp³-hybridized carbons (Fsp3) is 0.143. The van der Waals surface area contributed by atoms with E-state index in [0.29, 0.717) is 0 Å². The van der Waals surface area contributed by atoms with Gasteiger partial charge in [0.15, 0.2) is 0 Å². The van der Waals surface area contributed by atoms with Crippen LogP contribution in [0.2, 0.25) is 0 Å². The first-order chi connectivity index (χ1) is 8.35. The third-order valence-electron chi connectivity index (χ3n) is 2.48. The largest absolute Gasteiger partial charge is 0.495 e. The topological polar surface area (TPSA) is 30.5 Å². The van der Waals surface area contributed by atoms with Crippen LogP contribution in [0.3, 0.4) is 0 Å². The highest BCUT2D eigenvalue weighted by atomic mass is 16.5. The summed E-state index contributed by atoms with van der Waals surface area (Å²) in [6.45, 7) is 0. The van der Waals surface area contributed by atoms with Gasteiger partial charge in [0.2, 0.25) is 0 Å². The van der Waals surface area contributed by atoms with Gasteiger partial charge in [-0.15, -0.1) is 0 Å². The Morgan fingerprint density at radius 2 is 1.12 bits per heavy atom. The number of methoxy groups -OCH3 is 2. The monoisotopic (exact) mass is 229 g/mol. The molecule has 2 aromatic rings. The van der Waals surface area contributed by atoms with Crippen LogP contribution in [0.25, 0.3) is 0 Å². The molecule has 0 aliphatic carbocycles. The maximum atomic E-state index is 5.29. The number of ether oxygens (including phenoxy) is 2. The molecule has 0 heterocycles. The molecule has 0 aliphatic rings. The number of anilines is 2. The molecule has 0 radical (unpaired) electrons. The third kappa shape index (κ3) is 2.50. The Kier molecular flexibility index (Phi) is 3.50. The van der Waals surface area contributed by atoms with E-state index in [-0.39, 0.29) is 0 Å². The lowest BCUT2D eigenvalue weighted by Gasteiger charge is -2.13. The molecule has 0 aliphatic heterocycles. The number of rotatable bonds is 4. The Labute approximate surface area is 101 Å². The maximum Gasteiger partial charge on any atom is 0.142 e. The van der Waals surface area contributed by atoms with E-state index < -0.39 is 0 Å². The summed E-state index contributed by atoms with van der Waals surface area (Å²) in [5.74, 6) is 1.61. The van der Waals surface area contributed by atoms with Crippen molar-refractivity contribution in [3.8, 4) is 11.5 Å². The Morgan fingerprint density at radius 1 is 0.706 bits per heavy atom. The minimum absolute atomic E-state index is 0.804. The molecule has 0 saturated heterocycles. The molecule has 2 rings (SSSR count). The van der Waals surface area contributed by atoms with Gasteiger partial charge in [0.05, 0.1) is 25.6 Å². The summed E-state index contributed by atoms with van der Waals surface area (Å²) < 4.78 is 10.6. The van der Waals surface area contributed by atoms with Gasteiger partial charge >= 0.3 is 0 Å². The van der Waals surface area contributed by atoms with Crippen molar-refractivity contribution >= 4 is 11.4 Å². The number of hydrogen-bond acceptors (Lipinski definition) is 3. The number of nitrogens with one attached hydrogen (secondary N) is 1. The van der Waals surface area contributed by atoms with Crippen molar-refractivity contribution in [1.29, 1.82) is 0 Å². The zero-order valence-corrected chi connectivity index (χ0v) is 9.94. The van der Waals surface area contributed by atoms with Crippen LogP contribution in [0.15, 0.2) is 48.5 Å². The zero-order chi connectivity index (χ0) is 12.1. The quantitative estimate of drug-likeness (QED) is 0.871. The maximum absolute atomic E-state index is 5.29. The van der Waals surface area contributed by atoms with Gasteiger partial charge in [0.1, 0.15) is 11.5 Å². The van der Waals surface area contributed by atoms with Gasteiger partial charge in [-0.1, -0.05) is 24.3 Å². The lowest BCUT2D eigenvalue weighted by atomic mass is 10.2. The summed E-state index contributed by atoms with van der Waals surface area (Å²) in [7, 11) is 3.31. The van der Waals surface area contributed by atoms with E-state index in [1.54, 1.807) is 14.2 Å². The first-order valence-electron chi connectivity index (χ1n) is 5.38. The van der Waals surface area contributed by atoms with Gasteiger partial charge < -0.3 is 14.8 Å². The Bertz CT molecular complexity index is 452. The molecule has 0 aromatic heterocycles. The van der Waals surface area contributed by atoms with Crippen LogP contribution in [0.4, 0.5) is 11.4 Å². The van der Waals surface area contributed by atoms with Crippen LogP contribution in [-0.4, -0.2) is 14.2 Å². The Hall–Kier alpha value is -2.16. The van der Waals surface area contributed by atoms with Crippen molar-refractivity contribution in [1.82, 2.24) is 0 Å². The number of para-hydroxylation sites is 4. The summed E-state index contributed by atoms with van der Waals surface area (Å²) in [5, 5.41) is 3.29. The van der Waals surface area contributed by atoms with Crippen LogP contribution in [0.1, 0.15) is 0 Å². The van der Waals surface area contributed by atoms with Gasteiger partial charge in [-0.3, -0.25) is 0 Å². The van der Waals surface area contributed by atoms with Gasteiger partial charge in [-0.05, 0) is 24.3 Å². The smallest absolute Gasteiger partial charge is 0.142 e. The molecular weight excluding hydrogens is 214 g/mol. The predicted molar refractivity (Wildman–Crippen MR) is 69.3 cm³/mol. The molecule has 0 amide bonds. The molecule has 0 atom stereocenters. The predicted octanol–water partition coefficient (Wildman–Crippen LogP) is 3.45. The van der Waals surface area contributed by atoms with Crippen molar-refractivity contribution in [3.05, 3.63) is 48.5 Å². The van der Waals surface area contributed by atoms with Crippen molar-refractivity contribution in [2.45, 2.75) is 0 Å². The van der Waals surface area contributed by atoms with Gasteiger partial charge in [0.25, 0.3) is 0 Å². The average Bonchev–Trinajstić information content (AvgIpc) is 2.40. The van der Waals surface area contributed by atoms with E-state index in [4.69, 9.17) is 9.47 Å². The highest BCUT2D eigenvalue weighted by Gasteiger charge is 2.05. The molecule has 0 bridgehead atoms. The summed E-state index contributed by atoms with van der Waals surface area (Å²) in [6.07, 6.45) is 0. The van der Waals surface area contributed by atoms with Crippen LogP contribution >= 0.6 is 0 Å². The first kappa shape index (κ1) is 11.3. The van der Waals surface area contributed by atoms with E-state index in [2.05, 4.69) is 5.32 Å². The molecule has 0 unspecified atom stereocenters. The number of hydrogen-bond donors (Lipinski definition) is 1. The van der Waals surface area contributed by atoms with E-state index in [1.807, 2.05) is 48.5 Å². The second-order valence-electron chi connectivity index (χ2n) is 3.53.